The zero-order chi connectivity index (χ0) is 10.9. The Morgan fingerprint density at radius 1 is 1.57 bits per heavy atom. The predicted molar refractivity (Wildman–Crippen MR) is 54.9 cm³/mol. The molecule has 1 unspecified atom stereocenters. The summed E-state index contributed by atoms with van der Waals surface area (Å²) in [6.45, 7) is 2.00. The molecule has 0 fully saturated rings. The van der Waals surface area contributed by atoms with Crippen molar-refractivity contribution in [2.75, 3.05) is 6.54 Å². The number of phenols is 2. The minimum Gasteiger partial charge on any atom is -0.504 e. The van der Waals surface area contributed by atoms with Crippen molar-refractivity contribution in [2.45, 2.75) is 12.8 Å². The summed E-state index contributed by atoms with van der Waals surface area (Å²) in [5.74, 6) is -2.27. The van der Waals surface area contributed by atoms with Gasteiger partial charge in [-0.05, 0) is 18.5 Å². The monoisotopic (exact) mass is 263 g/mol. The Labute approximate surface area is 89.5 Å². The quantitative estimate of drug-likeness (QED) is 0.716. The van der Waals surface area contributed by atoms with Gasteiger partial charge in [0.1, 0.15) is 0 Å². The zero-order valence-corrected chi connectivity index (χ0v) is 9.18. The lowest BCUT2D eigenvalue weighted by Gasteiger charge is -2.14. The first-order valence-corrected chi connectivity index (χ1v) is 4.88. The lowest BCUT2D eigenvalue weighted by molar-refractivity contribution is 0.374. The lowest BCUT2D eigenvalue weighted by Crippen LogP contribution is -2.11. The molecule has 0 heterocycles. The van der Waals surface area contributed by atoms with E-state index in [2.05, 4.69) is 15.9 Å². The summed E-state index contributed by atoms with van der Waals surface area (Å²) in [5.41, 5.74) is 5.68. The van der Waals surface area contributed by atoms with Crippen LogP contribution in [0.2, 0.25) is 0 Å². The van der Waals surface area contributed by atoms with Gasteiger partial charge in [0.05, 0.1) is 0 Å². The fraction of sp³-hybridized carbons (Fsp3) is 0.333. The Hall–Kier alpha value is -0.810. The third kappa shape index (κ3) is 1.83. The first-order valence-electron chi connectivity index (χ1n) is 4.09. The van der Waals surface area contributed by atoms with Gasteiger partial charge in [-0.25, -0.2) is 4.39 Å². The van der Waals surface area contributed by atoms with E-state index in [1.54, 1.807) is 6.92 Å². The van der Waals surface area contributed by atoms with E-state index >= 15 is 0 Å². The number of phenolic OH excluding ortho intramolecular Hbond substituents is 2. The zero-order valence-electron chi connectivity index (χ0n) is 7.59. The molecule has 0 aliphatic heterocycles. The van der Waals surface area contributed by atoms with E-state index in [9.17, 15) is 4.39 Å². The van der Waals surface area contributed by atoms with Crippen LogP contribution in [0.25, 0.3) is 0 Å². The Morgan fingerprint density at radius 2 is 2.14 bits per heavy atom. The largest absolute Gasteiger partial charge is 0.504 e. The van der Waals surface area contributed by atoms with E-state index < -0.39 is 17.3 Å². The van der Waals surface area contributed by atoms with Gasteiger partial charge in [0.15, 0.2) is 17.3 Å². The molecule has 1 atom stereocenters. The van der Waals surface area contributed by atoms with Crippen LogP contribution in [0, 0.1) is 5.82 Å². The van der Waals surface area contributed by atoms with Crippen LogP contribution in [0.5, 0.6) is 11.5 Å². The maximum Gasteiger partial charge on any atom is 0.194 e. The summed E-state index contributed by atoms with van der Waals surface area (Å²) in [7, 11) is 0. The van der Waals surface area contributed by atoms with E-state index in [1.807, 2.05) is 0 Å². The van der Waals surface area contributed by atoms with Crippen molar-refractivity contribution < 1.29 is 14.6 Å². The van der Waals surface area contributed by atoms with Gasteiger partial charge in [0.2, 0.25) is 0 Å². The molecular formula is C9H11BrFNO2. The molecule has 0 aromatic heterocycles. The molecule has 1 aromatic rings. The predicted octanol–water partition coefficient (Wildman–Crippen LogP) is 2.06. The third-order valence-corrected chi connectivity index (χ3v) is 2.71. The van der Waals surface area contributed by atoms with E-state index in [0.29, 0.717) is 4.47 Å². The lowest BCUT2D eigenvalue weighted by atomic mass is 10.00. The fourth-order valence-electron chi connectivity index (χ4n) is 1.18. The molecule has 0 saturated heterocycles. The van der Waals surface area contributed by atoms with Gasteiger partial charge in [0, 0.05) is 10.0 Å². The normalized spacial score (nSPS) is 12.9. The number of benzene rings is 1. The minimum atomic E-state index is -0.824. The molecule has 5 heteroatoms. The van der Waals surface area contributed by atoms with Crippen molar-refractivity contribution in [3.05, 3.63) is 21.9 Å². The van der Waals surface area contributed by atoms with Gasteiger partial charge in [-0.3, -0.25) is 0 Å². The SMILES string of the molecule is CC(CN)c1c(Br)cc(O)c(O)c1F. The molecule has 0 radical (unpaired) electrons. The summed E-state index contributed by atoms with van der Waals surface area (Å²) in [6.07, 6.45) is 0. The molecule has 1 rings (SSSR count). The summed E-state index contributed by atoms with van der Waals surface area (Å²) in [5, 5.41) is 18.3. The Kier molecular flexibility index (Phi) is 3.34. The van der Waals surface area contributed by atoms with Gasteiger partial charge in [-0.2, -0.15) is 0 Å². The highest BCUT2D eigenvalue weighted by molar-refractivity contribution is 9.10. The Morgan fingerprint density at radius 3 is 2.64 bits per heavy atom. The molecule has 14 heavy (non-hydrogen) atoms. The number of hydrogen-bond acceptors (Lipinski definition) is 3. The highest BCUT2D eigenvalue weighted by Crippen LogP contribution is 2.38. The van der Waals surface area contributed by atoms with E-state index in [1.165, 1.54) is 6.07 Å². The van der Waals surface area contributed by atoms with Crippen molar-refractivity contribution in [1.29, 1.82) is 0 Å². The number of rotatable bonds is 2. The first kappa shape index (κ1) is 11.3. The van der Waals surface area contributed by atoms with Crippen LogP contribution in [-0.2, 0) is 0 Å². The van der Waals surface area contributed by atoms with E-state index in [4.69, 9.17) is 15.9 Å². The molecule has 0 aliphatic rings. The van der Waals surface area contributed by atoms with Crippen LogP contribution in [0.15, 0.2) is 10.5 Å². The second-order valence-electron chi connectivity index (χ2n) is 3.09. The second-order valence-corrected chi connectivity index (χ2v) is 3.94. The molecule has 0 aliphatic carbocycles. The molecule has 0 saturated carbocycles. The van der Waals surface area contributed by atoms with E-state index in [0.717, 1.165) is 0 Å². The second kappa shape index (κ2) is 4.14. The van der Waals surface area contributed by atoms with Crippen LogP contribution < -0.4 is 5.73 Å². The molecule has 0 spiro atoms. The molecule has 4 N–H and O–H groups in total. The maximum absolute atomic E-state index is 13.5. The van der Waals surface area contributed by atoms with Crippen LogP contribution >= 0.6 is 15.9 Å². The summed E-state index contributed by atoms with van der Waals surface area (Å²) < 4.78 is 13.9. The molecule has 0 bridgehead atoms. The third-order valence-electron chi connectivity index (χ3n) is 2.05. The van der Waals surface area contributed by atoms with Crippen molar-refractivity contribution in [1.82, 2.24) is 0 Å². The van der Waals surface area contributed by atoms with Gasteiger partial charge >= 0.3 is 0 Å². The van der Waals surface area contributed by atoms with Crippen LogP contribution in [0.4, 0.5) is 4.39 Å². The van der Waals surface area contributed by atoms with Crippen LogP contribution in [-0.4, -0.2) is 16.8 Å². The molecule has 0 amide bonds. The summed E-state index contributed by atoms with van der Waals surface area (Å²) in [4.78, 5) is 0. The minimum absolute atomic E-state index is 0.226. The highest BCUT2D eigenvalue weighted by atomic mass is 79.9. The number of halogens is 2. The van der Waals surface area contributed by atoms with Crippen molar-refractivity contribution >= 4 is 15.9 Å². The number of hydrogen-bond donors (Lipinski definition) is 3. The highest BCUT2D eigenvalue weighted by Gasteiger charge is 2.19. The standard InChI is InChI=1S/C9H11BrFNO2/c1-4(3-12)7-5(10)2-6(13)9(14)8(7)11/h2,4,13-14H,3,12H2,1H3. The molecule has 1 aromatic carbocycles. The number of aromatic hydroxyl groups is 2. The number of nitrogens with two attached hydrogens (primary N) is 1. The smallest absolute Gasteiger partial charge is 0.194 e. The topological polar surface area (TPSA) is 66.5 Å². The Bertz CT molecular complexity index is 357. The van der Waals surface area contributed by atoms with E-state index in [-0.39, 0.29) is 18.0 Å². The fourth-order valence-corrected chi connectivity index (χ4v) is 1.96. The van der Waals surface area contributed by atoms with Crippen LogP contribution in [0.1, 0.15) is 18.4 Å². The van der Waals surface area contributed by atoms with Gasteiger partial charge in [-0.1, -0.05) is 22.9 Å². The average Bonchev–Trinajstić information content (AvgIpc) is 2.14. The maximum atomic E-state index is 13.5. The molecule has 3 nitrogen and oxygen atoms in total. The van der Waals surface area contributed by atoms with Crippen molar-refractivity contribution in [2.24, 2.45) is 5.73 Å². The van der Waals surface area contributed by atoms with Gasteiger partial charge in [-0.15, -0.1) is 0 Å². The first-order chi connectivity index (χ1) is 6.49. The van der Waals surface area contributed by atoms with Crippen molar-refractivity contribution in [3.8, 4) is 11.5 Å². The molecular weight excluding hydrogens is 253 g/mol. The van der Waals surface area contributed by atoms with Crippen molar-refractivity contribution in [3.63, 3.8) is 0 Å². The van der Waals surface area contributed by atoms with Gasteiger partial charge in [0.25, 0.3) is 0 Å². The Balaban J connectivity index is 3.36. The van der Waals surface area contributed by atoms with Crippen LogP contribution in [0.3, 0.4) is 0 Å². The average molecular weight is 264 g/mol. The molecule has 78 valence electrons. The van der Waals surface area contributed by atoms with Gasteiger partial charge < -0.3 is 15.9 Å². The summed E-state index contributed by atoms with van der Waals surface area (Å²) in [6, 6.07) is 1.25. The summed E-state index contributed by atoms with van der Waals surface area (Å²) >= 11 is 3.11.